The maximum absolute atomic E-state index is 10.9. The molecule has 2 heterocycles. The van der Waals surface area contributed by atoms with Gasteiger partial charge in [-0.25, -0.2) is 4.79 Å². The van der Waals surface area contributed by atoms with Crippen LogP contribution in [-0.4, -0.2) is 25.8 Å². The van der Waals surface area contributed by atoms with Gasteiger partial charge in [-0.15, -0.1) is 0 Å². The average Bonchev–Trinajstić information content (AvgIpc) is 2.94. The lowest BCUT2D eigenvalue weighted by Crippen LogP contribution is -1.95. The lowest BCUT2D eigenvalue weighted by atomic mass is 10.2. The van der Waals surface area contributed by atoms with Crippen molar-refractivity contribution in [2.24, 2.45) is 7.05 Å². The topological polar surface area (TPSA) is 70.9 Å². The number of carbonyl (C=O) groups is 1. The molecule has 3 aromatic rings. The van der Waals surface area contributed by atoms with E-state index in [4.69, 9.17) is 16.7 Å². The molecule has 0 amide bonds. The lowest BCUT2D eigenvalue weighted by molar-refractivity contribution is 0.0690. The number of halogens is 1. The van der Waals surface area contributed by atoms with Crippen LogP contribution in [0.15, 0.2) is 30.3 Å². The van der Waals surface area contributed by atoms with Crippen LogP contribution in [0.1, 0.15) is 10.5 Å². The number of hydrogen-bond donors (Lipinski definition) is 2. The van der Waals surface area contributed by atoms with Crippen LogP contribution >= 0.6 is 11.6 Å². The number of nitrogens with one attached hydrogen (secondary N) is 1. The molecule has 0 saturated carbocycles. The molecule has 0 aliphatic heterocycles. The smallest absolute Gasteiger partial charge is 0.353 e. The predicted molar refractivity (Wildman–Crippen MR) is 72.5 cm³/mol. The molecule has 0 saturated heterocycles. The Balaban J connectivity index is 2.18. The largest absolute Gasteiger partial charge is 0.477 e. The molecule has 0 fully saturated rings. The second-order valence-corrected chi connectivity index (χ2v) is 4.70. The molecule has 19 heavy (non-hydrogen) atoms. The van der Waals surface area contributed by atoms with Gasteiger partial charge < -0.3 is 9.67 Å². The number of benzene rings is 1. The zero-order chi connectivity index (χ0) is 13.6. The second-order valence-electron chi connectivity index (χ2n) is 4.26. The molecule has 0 aliphatic carbocycles. The lowest BCUT2D eigenvalue weighted by Gasteiger charge is -2.00. The van der Waals surface area contributed by atoms with Crippen molar-refractivity contribution in [3.05, 3.63) is 41.0 Å². The summed E-state index contributed by atoms with van der Waals surface area (Å²) in [6.45, 7) is 0. The van der Waals surface area contributed by atoms with Crippen molar-refractivity contribution >= 4 is 28.5 Å². The van der Waals surface area contributed by atoms with Crippen LogP contribution in [-0.2, 0) is 7.05 Å². The van der Waals surface area contributed by atoms with Gasteiger partial charge in [-0.1, -0.05) is 11.6 Å². The van der Waals surface area contributed by atoms with E-state index >= 15 is 0 Å². The van der Waals surface area contributed by atoms with Crippen LogP contribution in [0.3, 0.4) is 0 Å². The van der Waals surface area contributed by atoms with Crippen molar-refractivity contribution < 1.29 is 9.90 Å². The molecule has 6 heteroatoms. The Bertz CT molecular complexity index is 788. The molecule has 1 aromatic carbocycles. The number of aryl methyl sites for hydroxylation is 1. The molecule has 0 radical (unpaired) electrons. The number of aromatic amines is 1. The number of carboxylic acid groups (broad SMARTS) is 1. The summed E-state index contributed by atoms with van der Waals surface area (Å²) in [6, 6.07) is 9.05. The predicted octanol–water partition coefficient (Wildman–Crippen LogP) is 2.92. The van der Waals surface area contributed by atoms with E-state index in [-0.39, 0.29) is 5.69 Å². The highest BCUT2D eigenvalue weighted by Gasteiger charge is 2.13. The standard InChI is InChI=1S/C13H10ClN3O2/c1-17-11-3-2-8(14)4-7(11)5-12(17)9-6-10(13(18)19)16-15-9/h2-6H,1H3,(H,15,16)(H,18,19). The van der Waals surface area contributed by atoms with Crippen molar-refractivity contribution in [3.8, 4) is 11.4 Å². The van der Waals surface area contributed by atoms with Crippen molar-refractivity contribution in [1.29, 1.82) is 0 Å². The Kier molecular flexibility index (Phi) is 2.57. The van der Waals surface area contributed by atoms with Gasteiger partial charge in [-0.3, -0.25) is 5.10 Å². The van der Waals surface area contributed by atoms with Gasteiger partial charge in [0.05, 0.1) is 5.69 Å². The molecule has 2 aromatic heterocycles. The van der Waals surface area contributed by atoms with Crippen molar-refractivity contribution in [2.75, 3.05) is 0 Å². The number of aromatic carboxylic acids is 1. The summed E-state index contributed by atoms with van der Waals surface area (Å²) in [5, 5.41) is 17.1. The SMILES string of the molecule is Cn1c(-c2cc(C(=O)O)[nH]n2)cc2cc(Cl)ccc21. The van der Waals surface area contributed by atoms with Crippen LogP contribution in [0, 0.1) is 0 Å². The molecule has 0 aliphatic rings. The number of hydrogen-bond acceptors (Lipinski definition) is 2. The normalized spacial score (nSPS) is 11.1. The molecule has 5 nitrogen and oxygen atoms in total. The van der Waals surface area contributed by atoms with Gasteiger partial charge in [-0.2, -0.15) is 5.10 Å². The van der Waals surface area contributed by atoms with Gasteiger partial charge >= 0.3 is 5.97 Å². The van der Waals surface area contributed by atoms with E-state index in [1.807, 2.05) is 35.9 Å². The summed E-state index contributed by atoms with van der Waals surface area (Å²) in [7, 11) is 1.90. The molecule has 0 unspecified atom stereocenters. The van der Waals surface area contributed by atoms with E-state index in [9.17, 15) is 4.79 Å². The Morgan fingerprint density at radius 2 is 2.16 bits per heavy atom. The van der Waals surface area contributed by atoms with E-state index < -0.39 is 5.97 Å². The van der Waals surface area contributed by atoms with E-state index in [0.29, 0.717) is 10.7 Å². The Hall–Kier alpha value is -2.27. The van der Waals surface area contributed by atoms with Gasteiger partial charge in [0.25, 0.3) is 0 Å². The Morgan fingerprint density at radius 1 is 1.37 bits per heavy atom. The van der Waals surface area contributed by atoms with Gasteiger partial charge in [0.15, 0.2) is 0 Å². The summed E-state index contributed by atoms with van der Waals surface area (Å²) < 4.78 is 1.95. The fourth-order valence-electron chi connectivity index (χ4n) is 2.13. The highest BCUT2D eigenvalue weighted by molar-refractivity contribution is 6.31. The number of aromatic nitrogens is 3. The summed E-state index contributed by atoms with van der Waals surface area (Å²) >= 11 is 5.96. The highest BCUT2D eigenvalue weighted by atomic mass is 35.5. The first-order valence-electron chi connectivity index (χ1n) is 5.60. The fourth-order valence-corrected chi connectivity index (χ4v) is 2.31. The molecule has 3 rings (SSSR count). The van der Waals surface area contributed by atoms with Crippen molar-refractivity contribution in [2.45, 2.75) is 0 Å². The minimum absolute atomic E-state index is 0.0679. The average molecular weight is 276 g/mol. The zero-order valence-electron chi connectivity index (χ0n) is 10.0. The zero-order valence-corrected chi connectivity index (χ0v) is 10.8. The second kappa shape index (κ2) is 4.13. The summed E-state index contributed by atoms with van der Waals surface area (Å²) in [4.78, 5) is 10.9. The van der Waals surface area contributed by atoms with Gasteiger partial charge in [0.2, 0.25) is 0 Å². The third kappa shape index (κ3) is 1.88. The number of rotatable bonds is 2. The molecular weight excluding hydrogens is 266 g/mol. The summed E-state index contributed by atoms with van der Waals surface area (Å²) in [5.74, 6) is -1.03. The number of fused-ring (bicyclic) bond motifs is 1. The minimum atomic E-state index is -1.03. The van der Waals surface area contributed by atoms with Crippen LogP contribution < -0.4 is 0 Å². The Morgan fingerprint density at radius 3 is 2.84 bits per heavy atom. The first kappa shape index (κ1) is 11.8. The molecule has 0 atom stereocenters. The first-order valence-corrected chi connectivity index (χ1v) is 5.98. The quantitative estimate of drug-likeness (QED) is 0.755. The van der Waals surface area contributed by atoms with Crippen molar-refractivity contribution in [3.63, 3.8) is 0 Å². The summed E-state index contributed by atoms with van der Waals surface area (Å²) in [6.07, 6.45) is 0. The molecular formula is C13H10ClN3O2. The van der Waals surface area contributed by atoms with E-state index in [1.165, 1.54) is 6.07 Å². The van der Waals surface area contributed by atoms with Crippen LogP contribution in [0.5, 0.6) is 0 Å². The molecule has 96 valence electrons. The number of nitrogens with zero attached hydrogens (tertiary/aromatic N) is 2. The van der Waals surface area contributed by atoms with E-state index in [0.717, 1.165) is 16.6 Å². The van der Waals surface area contributed by atoms with Crippen LogP contribution in [0.2, 0.25) is 5.02 Å². The Labute approximate surface area is 113 Å². The molecule has 0 bridgehead atoms. The highest BCUT2D eigenvalue weighted by Crippen LogP contribution is 2.28. The minimum Gasteiger partial charge on any atom is -0.477 e. The molecule has 2 N–H and O–H groups in total. The van der Waals surface area contributed by atoms with Crippen molar-refractivity contribution in [1.82, 2.24) is 14.8 Å². The third-order valence-electron chi connectivity index (χ3n) is 3.08. The third-order valence-corrected chi connectivity index (χ3v) is 3.31. The fraction of sp³-hybridized carbons (Fsp3) is 0.0769. The maximum atomic E-state index is 10.9. The van der Waals surface area contributed by atoms with Gasteiger partial charge in [-0.05, 0) is 24.3 Å². The van der Waals surface area contributed by atoms with Crippen LogP contribution in [0.4, 0.5) is 0 Å². The molecule has 0 spiro atoms. The number of carboxylic acids is 1. The van der Waals surface area contributed by atoms with Gasteiger partial charge in [0.1, 0.15) is 11.4 Å². The van der Waals surface area contributed by atoms with Gasteiger partial charge in [0, 0.05) is 29.0 Å². The first-order chi connectivity index (χ1) is 9.06. The van der Waals surface area contributed by atoms with E-state index in [2.05, 4.69) is 10.2 Å². The van der Waals surface area contributed by atoms with Crippen LogP contribution in [0.25, 0.3) is 22.3 Å². The maximum Gasteiger partial charge on any atom is 0.353 e. The van der Waals surface area contributed by atoms with E-state index in [1.54, 1.807) is 0 Å². The monoisotopic (exact) mass is 275 g/mol. The summed E-state index contributed by atoms with van der Waals surface area (Å²) in [5.41, 5.74) is 2.51. The number of H-pyrrole nitrogens is 1.